The number of benzene rings is 2. The van der Waals surface area contributed by atoms with Crippen LogP contribution in [0, 0.1) is 6.92 Å². The van der Waals surface area contributed by atoms with Gasteiger partial charge in [-0.3, -0.25) is 0 Å². The smallest absolute Gasteiger partial charge is 0.355 e. The number of phenols is 1. The molecule has 0 saturated heterocycles. The molecule has 6 heteroatoms. The maximum absolute atomic E-state index is 12.5. The van der Waals surface area contributed by atoms with Crippen molar-refractivity contribution in [2.75, 3.05) is 19.1 Å². The molecule has 0 bridgehead atoms. The summed E-state index contributed by atoms with van der Waals surface area (Å²) in [6, 6.07) is 9.02. The van der Waals surface area contributed by atoms with Crippen molar-refractivity contribution in [3.05, 3.63) is 71.6 Å². The molecule has 0 aliphatic carbocycles. The van der Waals surface area contributed by atoms with E-state index in [1.165, 1.54) is 20.3 Å². The molecule has 0 aromatic heterocycles. The minimum Gasteiger partial charge on any atom is -0.507 e. The fourth-order valence-corrected chi connectivity index (χ4v) is 3.00. The van der Waals surface area contributed by atoms with Crippen molar-refractivity contribution < 1.29 is 24.2 Å². The Balaban J connectivity index is 2.31. The number of aryl methyl sites for hydroxylation is 1. The van der Waals surface area contributed by atoms with E-state index in [9.17, 15) is 14.7 Å². The minimum atomic E-state index is -0.681. The molecule has 3 rings (SSSR count). The summed E-state index contributed by atoms with van der Waals surface area (Å²) in [6.45, 7) is 1.81. The molecular weight excluding hydrogens is 346 g/mol. The van der Waals surface area contributed by atoms with Gasteiger partial charge in [-0.15, -0.1) is 0 Å². The Morgan fingerprint density at radius 2 is 1.70 bits per heavy atom. The zero-order valence-electron chi connectivity index (χ0n) is 15.2. The number of anilines is 1. The second-order valence-corrected chi connectivity index (χ2v) is 5.92. The average molecular weight is 365 g/mol. The number of hydrogen-bond donors (Lipinski definition) is 1. The zero-order valence-corrected chi connectivity index (χ0v) is 15.2. The fourth-order valence-electron chi connectivity index (χ4n) is 3.00. The van der Waals surface area contributed by atoms with Gasteiger partial charge in [0.1, 0.15) is 11.4 Å². The van der Waals surface area contributed by atoms with E-state index in [2.05, 4.69) is 0 Å². The van der Waals surface area contributed by atoms with E-state index < -0.39 is 11.9 Å². The Bertz CT molecular complexity index is 1020. The molecule has 138 valence electrons. The zero-order chi connectivity index (χ0) is 19.6. The molecule has 6 nitrogen and oxygen atoms in total. The van der Waals surface area contributed by atoms with Gasteiger partial charge in [0, 0.05) is 17.0 Å². The molecule has 0 unspecified atom stereocenters. The Morgan fingerprint density at radius 3 is 2.41 bits per heavy atom. The largest absolute Gasteiger partial charge is 0.507 e. The van der Waals surface area contributed by atoms with Crippen LogP contribution in [-0.4, -0.2) is 31.3 Å². The van der Waals surface area contributed by atoms with Gasteiger partial charge in [0.05, 0.1) is 25.5 Å². The summed E-state index contributed by atoms with van der Waals surface area (Å²) in [5, 5.41) is 11.8. The summed E-state index contributed by atoms with van der Waals surface area (Å²) in [5.41, 5.74) is 1.46. The number of esters is 2. The molecule has 1 heterocycles. The molecular formula is C21H19NO5. The van der Waals surface area contributed by atoms with Gasteiger partial charge in [0.15, 0.2) is 0 Å². The maximum Gasteiger partial charge on any atom is 0.355 e. The lowest BCUT2D eigenvalue weighted by Gasteiger charge is -2.24. The lowest BCUT2D eigenvalue weighted by atomic mass is 10.0. The van der Waals surface area contributed by atoms with Crippen LogP contribution >= 0.6 is 0 Å². The summed E-state index contributed by atoms with van der Waals surface area (Å²) in [4.78, 5) is 26.4. The lowest BCUT2D eigenvalue weighted by Crippen LogP contribution is -2.27. The highest BCUT2D eigenvalue weighted by atomic mass is 16.5. The van der Waals surface area contributed by atoms with Crippen LogP contribution in [0.3, 0.4) is 0 Å². The van der Waals surface area contributed by atoms with Gasteiger partial charge in [-0.1, -0.05) is 30.3 Å². The van der Waals surface area contributed by atoms with E-state index in [1.807, 2.05) is 13.0 Å². The molecule has 0 spiro atoms. The Labute approximate surface area is 156 Å². The molecule has 0 fully saturated rings. The summed E-state index contributed by atoms with van der Waals surface area (Å²) >= 11 is 0. The molecule has 0 saturated carbocycles. The summed E-state index contributed by atoms with van der Waals surface area (Å²) in [7, 11) is 2.50. The second kappa shape index (κ2) is 7.37. The van der Waals surface area contributed by atoms with Crippen LogP contribution in [0.2, 0.25) is 0 Å². The number of fused-ring (bicyclic) bond motifs is 1. The third-order valence-corrected chi connectivity index (χ3v) is 4.36. The fraction of sp³-hybridized carbons (Fsp3) is 0.143. The maximum atomic E-state index is 12.5. The predicted octanol–water partition coefficient (Wildman–Crippen LogP) is 3.34. The number of ether oxygens (including phenoxy) is 2. The van der Waals surface area contributed by atoms with Gasteiger partial charge >= 0.3 is 11.9 Å². The van der Waals surface area contributed by atoms with E-state index >= 15 is 0 Å². The number of hydrogen-bond acceptors (Lipinski definition) is 6. The Morgan fingerprint density at radius 1 is 0.963 bits per heavy atom. The third-order valence-electron chi connectivity index (χ3n) is 4.36. The van der Waals surface area contributed by atoms with Crippen molar-refractivity contribution in [1.82, 2.24) is 0 Å². The molecule has 0 atom stereocenters. The summed E-state index contributed by atoms with van der Waals surface area (Å²) in [5.74, 6) is -1.16. The van der Waals surface area contributed by atoms with Crippen LogP contribution in [-0.2, 0) is 19.1 Å². The Kier molecular flexibility index (Phi) is 4.98. The normalized spacial score (nSPS) is 13.7. The van der Waals surface area contributed by atoms with Crippen molar-refractivity contribution in [3.8, 4) is 5.75 Å². The van der Waals surface area contributed by atoms with E-state index in [0.29, 0.717) is 11.1 Å². The van der Waals surface area contributed by atoms with Crippen LogP contribution in [0.5, 0.6) is 5.75 Å². The molecule has 2 aromatic carbocycles. The highest BCUT2D eigenvalue weighted by Gasteiger charge is 2.28. The van der Waals surface area contributed by atoms with Crippen LogP contribution in [0.4, 0.5) is 5.69 Å². The number of methoxy groups -OCH3 is 2. The van der Waals surface area contributed by atoms with Crippen molar-refractivity contribution in [2.24, 2.45) is 0 Å². The van der Waals surface area contributed by atoms with Crippen LogP contribution in [0.15, 0.2) is 66.0 Å². The molecule has 1 N–H and O–H groups in total. The van der Waals surface area contributed by atoms with E-state index in [4.69, 9.17) is 9.47 Å². The number of nitrogens with zero attached hydrogens (tertiary/aromatic N) is 1. The van der Waals surface area contributed by atoms with Crippen LogP contribution in [0.25, 0.3) is 10.8 Å². The van der Waals surface area contributed by atoms with Gasteiger partial charge in [-0.05, 0) is 30.7 Å². The number of carbonyl (C=O) groups is 2. The summed E-state index contributed by atoms with van der Waals surface area (Å²) in [6.07, 6.45) is 6.50. The second-order valence-electron chi connectivity index (χ2n) is 5.92. The molecule has 1 aliphatic rings. The SMILES string of the molecule is COC(=O)C1=C(C(=O)OC)N(c2cccc3c(O)c(C)ccc23)C=CC=C1. The van der Waals surface area contributed by atoms with Crippen LogP contribution in [0.1, 0.15) is 5.56 Å². The van der Waals surface area contributed by atoms with Gasteiger partial charge in [0.25, 0.3) is 0 Å². The third kappa shape index (κ3) is 3.17. The minimum absolute atomic E-state index is 0.0296. The standard InChI is InChI=1S/C21H19NO5/c1-13-10-11-14-15(19(13)23)8-6-9-17(14)22-12-5-4-7-16(20(24)26-2)18(22)21(25)27-3/h4-12,23H,1-3H3. The number of phenolic OH excluding ortho intramolecular Hbond substituents is 1. The van der Waals surface area contributed by atoms with Gasteiger partial charge in [0.2, 0.25) is 0 Å². The van der Waals surface area contributed by atoms with Gasteiger partial charge in [-0.25, -0.2) is 9.59 Å². The first-order chi connectivity index (χ1) is 13.0. The van der Waals surface area contributed by atoms with Gasteiger partial charge < -0.3 is 19.5 Å². The van der Waals surface area contributed by atoms with E-state index in [0.717, 1.165) is 10.9 Å². The van der Waals surface area contributed by atoms with E-state index in [1.54, 1.807) is 47.5 Å². The van der Waals surface area contributed by atoms with E-state index in [-0.39, 0.29) is 17.0 Å². The topological polar surface area (TPSA) is 76.1 Å². The quantitative estimate of drug-likeness (QED) is 0.841. The Hall–Kier alpha value is -3.54. The van der Waals surface area contributed by atoms with Crippen molar-refractivity contribution in [2.45, 2.75) is 6.92 Å². The first kappa shape index (κ1) is 18.3. The van der Waals surface area contributed by atoms with Crippen molar-refractivity contribution in [3.63, 3.8) is 0 Å². The molecule has 1 aliphatic heterocycles. The molecule has 27 heavy (non-hydrogen) atoms. The summed E-state index contributed by atoms with van der Waals surface area (Å²) < 4.78 is 9.74. The number of carbonyl (C=O) groups excluding carboxylic acids is 2. The highest BCUT2D eigenvalue weighted by Crippen LogP contribution is 2.37. The molecule has 0 amide bonds. The number of aromatic hydroxyl groups is 1. The lowest BCUT2D eigenvalue weighted by molar-refractivity contribution is -0.139. The molecule has 2 aromatic rings. The highest BCUT2D eigenvalue weighted by molar-refractivity contribution is 6.08. The first-order valence-corrected chi connectivity index (χ1v) is 8.26. The predicted molar refractivity (Wildman–Crippen MR) is 102 cm³/mol. The van der Waals surface area contributed by atoms with Crippen molar-refractivity contribution >= 4 is 28.4 Å². The number of rotatable bonds is 3. The molecule has 0 radical (unpaired) electrons. The average Bonchev–Trinajstić information content (AvgIpc) is 2.92. The monoisotopic (exact) mass is 365 g/mol. The van der Waals surface area contributed by atoms with Crippen molar-refractivity contribution in [1.29, 1.82) is 0 Å². The van der Waals surface area contributed by atoms with Gasteiger partial charge in [-0.2, -0.15) is 0 Å². The number of allylic oxidation sites excluding steroid dienone is 2. The van der Waals surface area contributed by atoms with Crippen LogP contribution < -0.4 is 4.90 Å². The first-order valence-electron chi connectivity index (χ1n) is 8.26.